The highest BCUT2D eigenvalue weighted by Crippen LogP contribution is 2.35. The molecule has 5 heterocycles. The standard InChI is InChI=1S/C22H18N4O.C21H16N4O.C5H5N.ClH/c1-13-15(6-5-9-20(13)27-2)14-10-11-17-16(12-14)21(26-25-17)22-23-18-7-3-4-8-19(18)24-22;1-12-14(5-4-8-19(12)26)13-9-10-16-15(11-13)20(25-24-16)21-22-17-6-2-3-7-18(17)23-21;1-2-4-6-5-3-1;/h3-12H,1-2H3,(H,23,24)(H,25,26);2-11,26H,1H3,(H,22,23)(H,24,25);1-5H;1H. The lowest BCUT2D eigenvalue weighted by Crippen LogP contribution is -3.00. The average Bonchev–Trinajstić information content (AvgIpc) is 4.10. The van der Waals surface area contributed by atoms with Crippen LogP contribution in [-0.2, 0) is 0 Å². The molecule has 0 aliphatic heterocycles. The maximum atomic E-state index is 10.0. The van der Waals surface area contributed by atoms with Crippen LogP contribution in [0.25, 0.3) is 89.2 Å². The lowest BCUT2D eigenvalue weighted by atomic mass is 9.98. The number of halogens is 1. The molecule has 12 heteroatoms. The molecule has 0 aliphatic carbocycles. The van der Waals surface area contributed by atoms with Crippen LogP contribution in [0.5, 0.6) is 11.5 Å². The van der Waals surface area contributed by atoms with E-state index in [-0.39, 0.29) is 12.4 Å². The van der Waals surface area contributed by atoms with Gasteiger partial charge in [0.25, 0.3) is 0 Å². The van der Waals surface area contributed by atoms with Gasteiger partial charge in [-0.3, -0.25) is 10.2 Å². The topological polar surface area (TPSA) is 158 Å². The Balaban J connectivity index is 0.000000144. The highest BCUT2D eigenvalue weighted by atomic mass is 35.5. The second-order valence-electron chi connectivity index (χ2n) is 14.0. The fraction of sp³-hybridized carbons (Fsp3) is 0.0625. The second kappa shape index (κ2) is 17.0. The minimum absolute atomic E-state index is 0. The summed E-state index contributed by atoms with van der Waals surface area (Å²) in [4.78, 5) is 18.9. The summed E-state index contributed by atoms with van der Waals surface area (Å²) >= 11 is 0. The predicted octanol–water partition coefficient (Wildman–Crippen LogP) is 7.38. The van der Waals surface area contributed by atoms with Gasteiger partial charge in [-0.05, 0) is 108 Å². The number of benzene rings is 6. The van der Waals surface area contributed by atoms with E-state index < -0.39 is 0 Å². The number of nitrogens with zero attached hydrogens (tertiary/aromatic N) is 4. The number of phenolic OH excluding ortho intramolecular Hbond substituents is 1. The van der Waals surface area contributed by atoms with E-state index in [2.05, 4.69) is 77.6 Å². The first-order valence-corrected chi connectivity index (χ1v) is 19.2. The van der Waals surface area contributed by atoms with Crippen molar-refractivity contribution in [2.24, 2.45) is 0 Å². The number of pyridine rings is 1. The maximum Gasteiger partial charge on any atom is 0.166 e. The minimum atomic E-state index is 0. The highest BCUT2D eigenvalue weighted by Gasteiger charge is 2.16. The second-order valence-corrected chi connectivity index (χ2v) is 14.0. The third kappa shape index (κ3) is 7.64. The van der Waals surface area contributed by atoms with Crippen LogP contribution in [0.3, 0.4) is 0 Å². The fourth-order valence-electron chi connectivity index (χ4n) is 7.28. The highest BCUT2D eigenvalue weighted by molar-refractivity contribution is 5.97. The Labute approximate surface area is 351 Å². The van der Waals surface area contributed by atoms with Gasteiger partial charge in [0.15, 0.2) is 24.0 Å². The number of aromatic hydroxyl groups is 1. The Bertz CT molecular complexity index is 3130. The molecule has 0 saturated carbocycles. The molecule has 296 valence electrons. The van der Waals surface area contributed by atoms with Crippen molar-refractivity contribution in [2.45, 2.75) is 13.8 Å². The van der Waals surface area contributed by atoms with E-state index >= 15 is 0 Å². The molecule has 0 radical (unpaired) electrons. The van der Waals surface area contributed by atoms with Crippen LogP contribution in [0.2, 0.25) is 0 Å². The summed E-state index contributed by atoms with van der Waals surface area (Å²) in [5.41, 5.74) is 13.7. The van der Waals surface area contributed by atoms with Crippen molar-refractivity contribution in [1.29, 1.82) is 0 Å². The molecule has 0 aliphatic rings. The SMILES string of the molecule is COc1cccc(-c2ccc3[nH]nc(-c4nc5ccccc5[nH]4)c3c2)c1C.Cc1c(O)cccc1-c1ccc2[nH]nc(-c3nc4ccccc4[nH]3)c2c1.[Cl-].c1cc[nH+]cc1. The normalized spacial score (nSPS) is 10.8. The molecule has 0 atom stereocenters. The number of para-hydroxylation sites is 4. The number of hydrogen-bond donors (Lipinski definition) is 5. The minimum Gasteiger partial charge on any atom is -1.00 e. The fourth-order valence-corrected chi connectivity index (χ4v) is 7.28. The summed E-state index contributed by atoms with van der Waals surface area (Å²) in [7, 11) is 1.70. The van der Waals surface area contributed by atoms with E-state index in [0.717, 1.165) is 106 Å². The molecule has 0 spiro atoms. The summed E-state index contributed by atoms with van der Waals surface area (Å²) in [5, 5.41) is 27.2. The Hall–Kier alpha value is -7.76. The van der Waals surface area contributed by atoms with Crippen molar-refractivity contribution in [3.8, 4) is 56.8 Å². The third-order valence-electron chi connectivity index (χ3n) is 10.4. The van der Waals surface area contributed by atoms with E-state index in [1.54, 1.807) is 13.2 Å². The van der Waals surface area contributed by atoms with Gasteiger partial charge in [-0.15, -0.1) is 0 Å². The van der Waals surface area contributed by atoms with Gasteiger partial charge in [-0.2, -0.15) is 10.2 Å². The van der Waals surface area contributed by atoms with E-state index in [1.165, 1.54) is 0 Å². The summed E-state index contributed by atoms with van der Waals surface area (Å²) in [5.74, 6) is 2.69. The number of phenols is 1. The molecule has 11 aromatic rings. The zero-order valence-corrected chi connectivity index (χ0v) is 33.7. The molecule has 6 N–H and O–H groups in total. The first kappa shape index (κ1) is 39.1. The van der Waals surface area contributed by atoms with E-state index in [9.17, 15) is 5.11 Å². The molecule has 11 rings (SSSR count). The van der Waals surface area contributed by atoms with Crippen LogP contribution in [0.1, 0.15) is 11.1 Å². The summed E-state index contributed by atoms with van der Waals surface area (Å²) < 4.78 is 5.47. The van der Waals surface area contributed by atoms with Crippen LogP contribution >= 0.6 is 0 Å². The van der Waals surface area contributed by atoms with Gasteiger partial charge in [0.1, 0.15) is 22.9 Å². The molecule has 6 aromatic carbocycles. The van der Waals surface area contributed by atoms with Gasteiger partial charge < -0.3 is 32.2 Å². The molecule has 0 fully saturated rings. The number of rotatable bonds is 5. The van der Waals surface area contributed by atoms with E-state index in [4.69, 9.17) is 9.72 Å². The maximum absolute atomic E-state index is 10.0. The van der Waals surface area contributed by atoms with Gasteiger partial charge in [0.2, 0.25) is 0 Å². The first-order valence-electron chi connectivity index (χ1n) is 19.2. The molecule has 0 bridgehead atoms. The molecule has 60 heavy (non-hydrogen) atoms. The van der Waals surface area contributed by atoms with Crippen molar-refractivity contribution in [3.63, 3.8) is 0 Å². The molecule has 11 nitrogen and oxygen atoms in total. The van der Waals surface area contributed by atoms with Gasteiger partial charge in [0, 0.05) is 22.9 Å². The predicted molar refractivity (Wildman–Crippen MR) is 234 cm³/mol. The van der Waals surface area contributed by atoms with Gasteiger partial charge in [0.05, 0.1) is 40.2 Å². The Morgan fingerprint density at radius 2 is 1.05 bits per heavy atom. The van der Waals surface area contributed by atoms with Crippen LogP contribution in [-0.4, -0.2) is 52.5 Å². The monoisotopic (exact) mass is 809 g/mol. The molecule has 0 saturated heterocycles. The summed E-state index contributed by atoms with van der Waals surface area (Å²) in [6, 6.07) is 45.9. The molecule has 0 unspecified atom stereocenters. The van der Waals surface area contributed by atoms with Crippen molar-refractivity contribution in [1.82, 2.24) is 40.3 Å². The molecule has 0 amide bonds. The number of methoxy groups -OCH3 is 1. The van der Waals surface area contributed by atoms with Crippen molar-refractivity contribution < 1.29 is 27.2 Å². The Morgan fingerprint density at radius 3 is 1.53 bits per heavy atom. The first-order chi connectivity index (χ1) is 28.9. The van der Waals surface area contributed by atoms with E-state index in [1.807, 2.05) is 122 Å². The molecular weight excluding hydrogens is 770 g/mol. The third-order valence-corrected chi connectivity index (χ3v) is 10.4. The number of ether oxygens (including phenoxy) is 1. The number of imidazole rings is 2. The largest absolute Gasteiger partial charge is 1.00 e. The quantitative estimate of drug-likeness (QED) is 0.122. The number of H-pyrrole nitrogens is 5. The molecular formula is C48H40ClN9O2. The van der Waals surface area contributed by atoms with Crippen molar-refractivity contribution in [2.75, 3.05) is 7.11 Å². The van der Waals surface area contributed by atoms with Crippen LogP contribution < -0.4 is 22.1 Å². The van der Waals surface area contributed by atoms with Crippen molar-refractivity contribution in [3.05, 3.63) is 163 Å². The van der Waals surface area contributed by atoms with Crippen molar-refractivity contribution >= 4 is 43.9 Å². The van der Waals surface area contributed by atoms with Crippen LogP contribution in [0.4, 0.5) is 0 Å². The average molecular weight is 810 g/mol. The summed E-state index contributed by atoms with van der Waals surface area (Å²) in [6.07, 6.45) is 3.75. The number of aromatic amines is 5. The zero-order valence-electron chi connectivity index (χ0n) is 33.0. The smallest absolute Gasteiger partial charge is 0.166 e. The lowest BCUT2D eigenvalue weighted by molar-refractivity contribution is -0.377. The van der Waals surface area contributed by atoms with Crippen LogP contribution in [0.15, 0.2) is 152 Å². The van der Waals surface area contributed by atoms with Gasteiger partial charge in [-0.25, -0.2) is 15.0 Å². The van der Waals surface area contributed by atoms with Gasteiger partial charge >= 0.3 is 0 Å². The Kier molecular flexibility index (Phi) is 11.1. The number of fused-ring (bicyclic) bond motifs is 4. The summed E-state index contributed by atoms with van der Waals surface area (Å²) in [6.45, 7) is 4.00. The van der Waals surface area contributed by atoms with E-state index in [0.29, 0.717) is 5.75 Å². The number of nitrogens with one attached hydrogen (secondary N) is 5. The van der Waals surface area contributed by atoms with Crippen LogP contribution in [0, 0.1) is 13.8 Å². The number of hydrogen-bond acceptors (Lipinski definition) is 6. The molecule has 5 aromatic heterocycles. The number of aromatic nitrogens is 9. The van der Waals surface area contributed by atoms with Gasteiger partial charge in [-0.1, -0.05) is 66.7 Å². The lowest BCUT2D eigenvalue weighted by Gasteiger charge is -2.10. The Morgan fingerprint density at radius 1 is 0.533 bits per heavy atom. The zero-order chi connectivity index (χ0) is 40.3.